The van der Waals surface area contributed by atoms with Crippen molar-refractivity contribution in [3.63, 3.8) is 0 Å². The Morgan fingerprint density at radius 2 is 1.94 bits per heavy atom. The molecular weight excluding hydrogens is 453 g/mol. The molecular formula is C24H22ClF3N4O. The SMILES string of the molecule is CN1Cc2cc(Cl)ccc2-n2c(nnc2[C@@H]2CC=C(c3cccc(OC(F)(F)F)c3)CC2)C1. The summed E-state index contributed by atoms with van der Waals surface area (Å²) in [5, 5.41) is 9.73. The summed E-state index contributed by atoms with van der Waals surface area (Å²) in [6.45, 7) is 1.45. The van der Waals surface area contributed by atoms with E-state index in [0.717, 1.165) is 59.8 Å². The van der Waals surface area contributed by atoms with Crippen LogP contribution in [0.4, 0.5) is 13.2 Å². The van der Waals surface area contributed by atoms with Gasteiger partial charge in [-0.05, 0) is 73.3 Å². The molecule has 0 radical (unpaired) electrons. The van der Waals surface area contributed by atoms with Gasteiger partial charge in [-0.2, -0.15) is 0 Å². The molecule has 33 heavy (non-hydrogen) atoms. The molecule has 0 N–H and O–H groups in total. The highest BCUT2D eigenvalue weighted by molar-refractivity contribution is 6.30. The van der Waals surface area contributed by atoms with E-state index in [0.29, 0.717) is 11.6 Å². The molecule has 0 amide bonds. The number of allylic oxidation sites excluding steroid dienone is 2. The maximum atomic E-state index is 12.6. The molecule has 9 heteroatoms. The Bertz CT molecular complexity index is 1220. The van der Waals surface area contributed by atoms with Crippen molar-refractivity contribution in [2.24, 2.45) is 0 Å². The van der Waals surface area contributed by atoms with Crippen LogP contribution in [0.1, 0.15) is 48.0 Å². The Labute approximate surface area is 194 Å². The second-order valence-electron chi connectivity index (χ2n) is 8.53. The van der Waals surface area contributed by atoms with Crippen molar-refractivity contribution in [2.75, 3.05) is 7.05 Å². The quantitative estimate of drug-likeness (QED) is 0.459. The number of hydrogen-bond acceptors (Lipinski definition) is 4. The van der Waals surface area contributed by atoms with Gasteiger partial charge >= 0.3 is 6.36 Å². The van der Waals surface area contributed by atoms with Gasteiger partial charge in [0.15, 0.2) is 5.82 Å². The molecule has 0 saturated heterocycles. The van der Waals surface area contributed by atoms with Gasteiger partial charge in [-0.15, -0.1) is 23.4 Å². The maximum Gasteiger partial charge on any atom is 0.573 e. The number of aromatic nitrogens is 3. The molecule has 3 aromatic rings. The Hall–Kier alpha value is -2.84. The molecule has 0 spiro atoms. The second kappa shape index (κ2) is 8.50. The first kappa shape index (κ1) is 22.0. The van der Waals surface area contributed by atoms with Crippen LogP contribution in [0, 0.1) is 0 Å². The first-order valence-corrected chi connectivity index (χ1v) is 11.1. The molecule has 1 aliphatic heterocycles. The standard InChI is InChI=1S/C24H22ClF3N4O/c1-31-13-18-11-19(25)9-10-21(18)32-22(14-31)29-30-23(32)16-7-5-15(6-8-16)17-3-2-4-20(12-17)33-24(26,27)28/h2-5,9-12,16H,6-8,13-14H2,1H3/t16-/m1/s1. The highest BCUT2D eigenvalue weighted by Crippen LogP contribution is 2.38. The van der Waals surface area contributed by atoms with Crippen LogP contribution in [0.3, 0.4) is 0 Å². The molecule has 0 unspecified atom stereocenters. The monoisotopic (exact) mass is 474 g/mol. The minimum atomic E-state index is -4.70. The van der Waals surface area contributed by atoms with E-state index in [1.807, 2.05) is 31.3 Å². The van der Waals surface area contributed by atoms with Crippen LogP contribution < -0.4 is 4.74 Å². The van der Waals surface area contributed by atoms with Crippen molar-refractivity contribution >= 4 is 17.2 Å². The van der Waals surface area contributed by atoms with Crippen LogP contribution in [-0.2, 0) is 13.1 Å². The highest BCUT2D eigenvalue weighted by Gasteiger charge is 2.31. The highest BCUT2D eigenvalue weighted by atomic mass is 35.5. The number of rotatable bonds is 3. The Kier molecular flexibility index (Phi) is 5.66. The predicted octanol–water partition coefficient (Wildman–Crippen LogP) is 6.12. The molecule has 1 atom stereocenters. The van der Waals surface area contributed by atoms with Gasteiger partial charge in [0.05, 0.1) is 12.2 Å². The van der Waals surface area contributed by atoms with E-state index in [1.165, 1.54) is 12.1 Å². The molecule has 1 aromatic heterocycles. The summed E-state index contributed by atoms with van der Waals surface area (Å²) in [6.07, 6.45) is -0.321. The lowest BCUT2D eigenvalue weighted by atomic mass is 9.86. The fourth-order valence-electron chi connectivity index (χ4n) is 4.67. The molecule has 2 aliphatic rings. The number of alkyl halides is 3. The molecule has 0 fully saturated rings. The number of ether oxygens (including phenoxy) is 1. The van der Waals surface area contributed by atoms with Crippen molar-refractivity contribution in [2.45, 2.75) is 44.6 Å². The summed E-state index contributed by atoms with van der Waals surface area (Å²) in [6, 6.07) is 12.0. The normalized spacial score (nSPS) is 18.8. The summed E-state index contributed by atoms with van der Waals surface area (Å²) in [5.74, 6) is 1.76. The Morgan fingerprint density at radius 1 is 1.09 bits per heavy atom. The summed E-state index contributed by atoms with van der Waals surface area (Å²) < 4.78 is 44.0. The first-order valence-electron chi connectivity index (χ1n) is 10.7. The van der Waals surface area contributed by atoms with Crippen LogP contribution in [0.25, 0.3) is 11.3 Å². The zero-order chi connectivity index (χ0) is 23.2. The maximum absolute atomic E-state index is 12.6. The van der Waals surface area contributed by atoms with E-state index in [2.05, 4.69) is 30.5 Å². The number of nitrogens with zero attached hydrogens (tertiary/aromatic N) is 4. The van der Waals surface area contributed by atoms with Gasteiger partial charge in [0.1, 0.15) is 11.6 Å². The van der Waals surface area contributed by atoms with Crippen LogP contribution in [0.2, 0.25) is 5.02 Å². The number of benzene rings is 2. The van der Waals surface area contributed by atoms with E-state index in [-0.39, 0.29) is 11.7 Å². The number of fused-ring (bicyclic) bond motifs is 3. The van der Waals surface area contributed by atoms with E-state index in [9.17, 15) is 13.2 Å². The predicted molar refractivity (Wildman–Crippen MR) is 119 cm³/mol. The average Bonchev–Trinajstić information content (AvgIpc) is 3.10. The lowest BCUT2D eigenvalue weighted by Crippen LogP contribution is -2.17. The van der Waals surface area contributed by atoms with Gasteiger partial charge in [-0.25, -0.2) is 0 Å². The summed E-state index contributed by atoms with van der Waals surface area (Å²) in [7, 11) is 2.04. The zero-order valence-corrected chi connectivity index (χ0v) is 18.7. The third-order valence-corrected chi connectivity index (χ3v) is 6.34. The number of halogens is 4. The van der Waals surface area contributed by atoms with Gasteiger partial charge in [-0.1, -0.05) is 29.8 Å². The lowest BCUT2D eigenvalue weighted by molar-refractivity contribution is -0.274. The van der Waals surface area contributed by atoms with Crippen LogP contribution in [0.5, 0.6) is 5.75 Å². The van der Waals surface area contributed by atoms with Crippen molar-refractivity contribution in [3.05, 3.63) is 76.3 Å². The Morgan fingerprint density at radius 3 is 2.70 bits per heavy atom. The smallest absolute Gasteiger partial charge is 0.406 e. The van der Waals surface area contributed by atoms with E-state index in [1.54, 1.807) is 6.07 Å². The fraction of sp³-hybridized carbons (Fsp3) is 0.333. The summed E-state index contributed by atoms with van der Waals surface area (Å²) in [4.78, 5) is 2.18. The molecule has 2 aromatic carbocycles. The van der Waals surface area contributed by atoms with Crippen LogP contribution >= 0.6 is 11.6 Å². The molecule has 172 valence electrons. The third-order valence-electron chi connectivity index (χ3n) is 6.10. The van der Waals surface area contributed by atoms with Crippen molar-refractivity contribution < 1.29 is 17.9 Å². The summed E-state index contributed by atoms with van der Waals surface area (Å²) >= 11 is 6.25. The van der Waals surface area contributed by atoms with Gasteiger partial charge in [0, 0.05) is 17.5 Å². The molecule has 5 nitrogen and oxygen atoms in total. The minimum Gasteiger partial charge on any atom is -0.406 e. The molecule has 2 heterocycles. The van der Waals surface area contributed by atoms with Crippen LogP contribution in [0.15, 0.2) is 48.5 Å². The minimum absolute atomic E-state index is 0.163. The molecule has 0 bridgehead atoms. The van der Waals surface area contributed by atoms with Crippen molar-refractivity contribution in [1.29, 1.82) is 0 Å². The third kappa shape index (κ3) is 4.63. The first-order chi connectivity index (χ1) is 15.8. The van der Waals surface area contributed by atoms with E-state index >= 15 is 0 Å². The van der Waals surface area contributed by atoms with Gasteiger partial charge in [0.2, 0.25) is 0 Å². The fourth-order valence-corrected chi connectivity index (χ4v) is 4.87. The van der Waals surface area contributed by atoms with Crippen molar-refractivity contribution in [1.82, 2.24) is 19.7 Å². The molecule has 5 rings (SSSR count). The topological polar surface area (TPSA) is 43.2 Å². The average molecular weight is 475 g/mol. The van der Waals surface area contributed by atoms with Gasteiger partial charge in [-0.3, -0.25) is 9.47 Å². The number of hydrogen-bond donors (Lipinski definition) is 0. The zero-order valence-electron chi connectivity index (χ0n) is 17.9. The Balaban J connectivity index is 1.42. The van der Waals surface area contributed by atoms with E-state index in [4.69, 9.17) is 11.6 Å². The summed E-state index contributed by atoms with van der Waals surface area (Å²) in [5.41, 5.74) is 3.93. The van der Waals surface area contributed by atoms with Gasteiger partial charge in [0.25, 0.3) is 0 Å². The molecule has 1 aliphatic carbocycles. The second-order valence-corrected chi connectivity index (χ2v) is 8.97. The lowest BCUT2D eigenvalue weighted by Gasteiger charge is -2.23. The largest absolute Gasteiger partial charge is 0.573 e. The van der Waals surface area contributed by atoms with Crippen LogP contribution in [-0.4, -0.2) is 33.1 Å². The van der Waals surface area contributed by atoms with Crippen molar-refractivity contribution in [3.8, 4) is 11.4 Å². The van der Waals surface area contributed by atoms with Gasteiger partial charge < -0.3 is 4.74 Å². The van der Waals surface area contributed by atoms with E-state index < -0.39 is 6.36 Å². The molecule has 0 saturated carbocycles.